The fraction of sp³-hybridized carbons (Fsp3) is 0.400. The van der Waals surface area contributed by atoms with Crippen LogP contribution in [-0.4, -0.2) is 30.0 Å². The summed E-state index contributed by atoms with van der Waals surface area (Å²) in [5, 5.41) is 3.11. The maximum atomic E-state index is 13.4. The van der Waals surface area contributed by atoms with Gasteiger partial charge in [-0.15, -0.1) is 0 Å². The van der Waals surface area contributed by atoms with E-state index < -0.39 is 11.6 Å². The van der Waals surface area contributed by atoms with Crippen LogP contribution in [0.5, 0.6) is 0 Å². The second-order valence-corrected chi connectivity index (χ2v) is 7.28. The quantitative estimate of drug-likeness (QED) is 0.914. The van der Waals surface area contributed by atoms with E-state index in [1.807, 2.05) is 19.3 Å². The molecule has 2 unspecified atom stereocenters. The van der Waals surface area contributed by atoms with E-state index >= 15 is 0 Å². The number of halogens is 2. The number of carbonyl (C=O) groups excluding carboxylic acids is 1. The highest BCUT2D eigenvalue weighted by Gasteiger charge is 2.45. The van der Waals surface area contributed by atoms with Gasteiger partial charge in [-0.3, -0.25) is 9.78 Å². The Hall–Kier alpha value is -2.50. The van der Waals surface area contributed by atoms with Crippen molar-refractivity contribution in [2.45, 2.75) is 31.7 Å². The summed E-state index contributed by atoms with van der Waals surface area (Å²) in [6.07, 6.45) is 5.25. The third-order valence-electron chi connectivity index (χ3n) is 5.26. The number of rotatable bonds is 4. The van der Waals surface area contributed by atoms with Gasteiger partial charge in [0, 0.05) is 31.2 Å². The monoisotopic (exact) mass is 357 g/mol. The van der Waals surface area contributed by atoms with Crippen LogP contribution in [0.2, 0.25) is 0 Å². The predicted molar refractivity (Wildman–Crippen MR) is 94.9 cm³/mol. The van der Waals surface area contributed by atoms with Gasteiger partial charge in [0.05, 0.1) is 11.9 Å². The van der Waals surface area contributed by atoms with Crippen molar-refractivity contribution in [3.8, 4) is 0 Å². The third kappa shape index (κ3) is 3.41. The Morgan fingerprint density at radius 1 is 1.23 bits per heavy atom. The van der Waals surface area contributed by atoms with Gasteiger partial charge in [-0.05, 0) is 55.0 Å². The van der Waals surface area contributed by atoms with Crippen LogP contribution in [-0.2, 0) is 4.79 Å². The zero-order valence-corrected chi connectivity index (χ0v) is 14.6. The minimum atomic E-state index is -0.855. The fourth-order valence-electron chi connectivity index (χ4n) is 3.73. The van der Waals surface area contributed by atoms with E-state index in [1.165, 1.54) is 6.07 Å². The molecule has 2 aromatic rings. The maximum Gasteiger partial charge on any atom is 0.224 e. The first-order chi connectivity index (χ1) is 12.5. The number of nitrogens with one attached hydrogen (secondary N) is 1. The van der Waals surface area contributed by atoms with Gasteiger partial charge in [0.1, 0.15) is 0 Å². The molecule has 2 fully saturated rings. The summed E-state index contributed by atoms with van der Waals surface area (Å²) >= 11 is 0. The number of amides is 1. The highest BCUT2D eigenvalue weighted by atomic mass is 19.2. The Bertz CT molecular complexity index is 842. The Kier molecular flexibility index (Phi) is 4.34. The first-order valence-electron chi connectivity index (χ1n) is 8.93. The normalized spacial score (nSPS) is 24.6. The molecule has 2 aliphatic rings. The van der Waals surface area contributed by atoms with Crippen LogP contribution >= 0.6 is 0 Å². The highest BCUT2D eigenvalue weighted by molar-refractivity contribution is 5.83. The van der Waals surface area contributed by atoms with Gasteiger partial charge >= 0.3 is 0 Å². The summed E-state index contributed by atoms with van der Waals surface area (Å²) in [4.78, 5) is 18.9. The van der Waals surface area contributed by atoms with Gasteiger partial charge in [-0.2, -0.15) is 0 Å². The molecule has 1 aliphatic heterocycles. The number of nitrogens with zero attached hydrogens (tertiary/aromatic N) is 2. The number of aryl methyl sites for hydroxylation is 1. The summed E-state index contributed by atoms with van der Waals surface area (Å²) in [5.41, 5.74) is 2.89. The van der Waals surface area contributed by atoms with Gasteiger partial charge < -0.3 is 10.2 Å². The van der Waals surface area contributed by atoms with Crippen LogP contribution in [0.3, 0.4) is 0 Å². The van der Waals surface area contributed by atoms with E-state index in [1.54, 1.807) is 6.07 Å². The van der Waals surface area contributed by atoms with Gasteiger partial charge in [0.2, 0.25) is 5.91 Å². The standard InChI is InChI=1S/C20H21F2N3O/c1-12-6-15(10-23-9-12)25-5-4-14(11-25)24-20(26)17-8-16(17)13-2-3-18(21)19(22)7-13/h2-3,6-7,9-10,14,16-17H,4-5,8,11H2,1H3,(H,24,26)/t14-,16?,17?/m1/s1. The fourth-order valence-corrected chi connectivity index (χ4v) is 3.73. The molecule has 2 heterocycles. The molecule has 26 heavy (non-hydrogen) atoms. The van der Waals surface area contributed by atoms with Crippen molar-refractivity contribution < 1.29 is 13.6 Å². The van der Waals surface area contributed by atoms with Gasteiger partial charge in [-0.25, -0.2) is 8.78 Å². The summed E-state index contributed by atoms with van der Waals surface area (Å²) in [6, 6.07) is 6.10. The second kappa shape index (κ2) is 6.67. The van der Waals surface area contributed by atoms with Crippen LogP contribution < -0.4 is 10.2 Å². The van der Waals surface area contributed by atoms with Crippen LogP contribution in [0.15, 0.2) is 36.7 Å². The van der Waals surface area contributed by atoms with E-state index in [-0.39, 0.29) is 23.8 Å². The molecule has 0 bridgehead atoms. The first kappa shape index (κ1) is 16.9. The molecule has 136 valence electrons. The molecule has 1 aliphatic carbocycles. The number of pyridine rings is 1. The molecular formula is C20H21F2N3O. The number of hydrogen-bond acceptors (Lipinski definition) is 3. The number of aromatic nitrogens is 1. The molecule has 4 rings (SSSR count). The van der Waals surface area contributed by atoms with Crippen molar-refractivity contribution >= 4 is 11.6 Å². The average molecular weight is 357 g/mol. The van der Waals surface area contributed by atoms with E-state index in [2.05, 4.69) is 21.3 Å². The minimum Gasteiger partial charge on any atom is -0.368 e. The number of anilines is 1. The lowest BCUT2D eigenvalue weighted by molar-refractivity contribution is -0.123. The molecular weight excluding hydrogens is 336 g/mol. The number of hydrogen-bond donors (Lipinski definition) is 1. The van der Waals surface area contributed by atoms with Crippen LogP contribution in [0.4, 0.5) is 14.5 Å². The Balaban J connectivity index is 1.33. The molecule has 6 heteroatoms. The smallest absolute Gasteiger partial charge is 0.224 e. The molecule has 1 N–H and O–H groups in total. The largest absolute Gasteiger partial charge is 0.368 e. The van der Waals surface area contributed by atoms with Gasteiger partial charge in [0.25, 0.3) is 0 Å². The van der Waals surface area contributed by atoms with Crippen molar-refractivity contribution in [1.29, 1.82) is 0 Å². The molecule has 1 aromatic heterocycles. The highest BCUT2D eigenvalue weighted by Crippen LogP contribution is 2.47. The number of benzene rings is 1. The van der Waals surface area contributed by atoms with E-state index in [0.29, 0.717) is 12.0 Å². The maximum absolute atomic E-state index is 13.4. The molecule has 3 atom stereocenters. The lowest BCUT2D eigenvalue weighted by Crippen LogP contribution is -2.38. The average Bonchev–Trinajstić information content (AvgIpc) is 3.29. The molecule has 4 nitrogen and oxygen atoms in total. The summed E-state index contributed by atoms with van der Waals surface area (Å²) in [7, 11) is 0. The zero-order valence-electron chi connectivity index (χ0n) is 14.6. The Labute approximate surface area is 151 Å². The molecule has 1 saturated carbocycles. The van der Waals surface area contributed by atoms with E-state index in [9.17, 15) is 13.6 Å². The zero-order chi connectivity index (χ0) is 18.3. The van der Waals surface area contributed by atoms with Crippen molar-refractivity contribution in [3.63, 3.8) is 0 Å². The molecule has 0 radical (unpaired) electrons. The van der Waals surface area contributed by atoms with Crippen molar-refractivity contribution in [2.75, 3.05) is 18.0 Å². The minimum absolute atomic E-state index is 0.00829. The lowest BCUT2D eigenvalue weighted by atomic mass is 10.1. The van der Waals surface area contributed by atoms with Crippen molar-refractivity contribution in [1.82, 2.24) is 10.3 Å². The van der Waals surface area contributed by atoms with Gasteiger partial charge in [0.15, 0.2) is 11.6 Å². The molecule has 1 saturated heterocycles. The predicted octanol–water partition coefficient (Wildman–Crippen LogP) is 3.17. The third-order valence-corrected chi connectivity index (χ3v) is 5.26. The van der Waals surface area contributed by atoms with E-state index in [0.717, 1.165) is 36.8 Å². The topological polar surface area (TPSA) is 45.2 Å². The second-order valence-electron chi connectivity index (χ2n) is 7.28. The Morgan fingerprint density at radius 3 is 2.85 bits per heavy atom. The first-order valence-corrected chi connectivity index (χ1v) is 8.93. The molecule has 0 spiro atoms. The summed E-state index contributed by atoms with van der Waals surface area (Å²) < 4.78 is 26.4. The lowest BCUT2D eigenvalue weighted by Gasteiger charge is -2.19. The van der Waals surface area contributed by atoms with Gasteiger partial charge in [-0.1, -0.05) is 6.07 Å². The molecule has 1 amide bonds. The van der Waals surface area contributed by atoms with Crippen LogP contribution in [0.1, 0.15) is 29.9 Å². The molecule has 1 aromatic carbocycles. The SMILES string of the molecule is Cc1cncc(N2CC[C@@H](NC(=O)C3CC3c3ccc(F)c(F)c3)C2)c1. The summed E-state index contributed by atoms with van der Waals surface area (Å²) in [5.74, 6) is -1.86. The van der Waals surface area contributed by atoms with Crippen LogP contribution in [0, 0.1) is 24.5 Å². The van der Waals surface area contributed by atoms with Crippen molar-refractivity contribution in [3.05, 3.63) is 59.4 Å². The summed E-state index contributed by atoms with van der Waals surface area (Å²) in [6.45, 7) is 3.66. The van der Waals surface area contributed by atoms with E-state index in [4.69, 9.17) is 0 Å². The number of carbonyl (C=O) groups is 1. The van der Waals surface area contributed by atoms with Crippen LogP contribution in [0.25, 0.3) is 0 Å². The van der Waals surface area contributed by atoms with Crippen molar-refractivity contribution in [2.24, 2.45) is 5.92 Å². The Morgan fingerprint density at radius 2 is 2.08 bits per heavy atom.